The van der Waals surface area contributed by atoms with Crippen molar-refractivity contribution in [3.8, 4) is 0 Å². The lowest BCUT2D eigenvalue weighted by molar-refractivity contribution is 0.450. The van der Waals surface area contributed by atoms with Crippen LogP contribution in [0.5, 0.6) is 0 Å². The summed E-state index contributed by atoms with van der Waals surface area (Å²) in [6, 6.07) is 0.371. The molecule has 0 aromatic rings. The molecular weight excluding hydrogens is 258 g/mol. The summed E-state index contributed by atoms with van der Waals surface area (Å²) in [7, 11) is -2.82. The molecule has 1 N–H and O–H groups in total. The Morgan fingerprint density at radius 1 is 0.895 bits per heavy atom. The molecule has 4 heteroatoms. The van der Waals surface area contributed by atoms with E-state index in [9.17, 15) is 8.42 Å². The van der Waals surface area contributed by atoms with E-state index in [1.54, 1.807) is 0 Å². The van der Waals surface area contributed by atoms with Gasteiger partial charge >= 0.3 is 0 Å². The smallest absolute Gasteiger partial charge is 0.147 e. The number of unbranched alkanes of at least 4 members (excludes halogenated alkanes) is 6. The Balaban J connectivity index is 3.64. The number of hydrogen-bond donors (Lipinski definition) is 1. The second-order valence-corrected chi connectivity index (χ2v) is 7.84. The van der Waals surface area contributed by atoms with E-state index in [0.717, 1.165) is 19.4 Å². The van der Waals surface area contributed by atoms with Gasteiger partial charge in [0.25, 0.3) is 0 Å². The molecule has 19 heavy (non-hydrogen) atoms. The molecule has 0 heterocycles. The van der Waals surface area contributed by atoms with Crippen molar-refractivity contribution >= 4 is 9.84 Å². The average molecular weight is 292 g/mol. The van der Waals surface area contributed by atoms with Gasteiger partial charge in [-0.1, -0.05) is 58.8 Å². The molecular formula is C15H33NO2S. The first-order valence-electron chi connectivity index (χ1n) is 7.90. The Hall–Kier alpha value is -0.0900. The highest BCUT2D eigenvalue weighted by atomic mass is 32.2. The molecule has 0 aromatic heterocycles. The third-order valence-corrected chi connectivity index (χ3v) is 4.46. The summed E-state index contributed by atoms with van der Waals surface area (Å²) >= 11 is 0. The minimum absolute atomic E-state index is 0.307. The third-order valence-electron chi connectivity index (χ3n) is 3.49. The predicted octanol–water partition coefficient (Wildman–Crippen LogP) is 3.54. The van der Waals surface area contributed by atoms with E-state index in [-0.39, 0.29) is 0 Å². The molecule has 0 rings (SSSR count). The van der Waals surface area contributed by atoms with Crippen LogP contribution in [0.4, 0.5) is 0 Å². The summed E-state index contributed by atoms with van der Waals surface area (Å²) in [5.74, 6) is 0.307. The summed E-state index contributed by atoms with van der Waals surface area (Å²) in [5.41, 5.74) is 0. The Morgan fingerprint density at radius 3 is 2.00 bits per heavy atom. The SMILES string of the molecule is CCCCCCCCCC(CCS(C)(=O)=O)NCC. The lowest BCUT2D eigenvalue weighted by atomic mass is 10.0. The second-order valence-electron chi connectivity index (χ2n) is 5.58. The van der Waals surface area contributed by atoms with Crippen LogP contribution in [0.3, 0.4) is 0 Å². The molecule has 1 atom stereocenters. The summed E-state index contributed by atoms with van der Waals surface area (Å²) < 4.78 is 22.4. The van der Waals surface area contributed by atoms with Crippen LogP contribution in [0.1, 0.15) is 71.6 Å². The molecule has 0 saturated heterocycles. The maximum Gasteiger partial charge on any atom is 0.147 e. The number of nitrogens with one attached hydrogen (secondary N) is 1. The minimum Gasteiger partial charge on any atom is -0.314 e. The first-order chi connectivity index (χ1) is 8.99. The molecule has 0 saturated carbocycles. The van der Waals surface area contributed by atoms with E-state index < -0.39 is 9.84 Å². The fraction of sp³-hybridized carbons (Fsp3) is 1.00. The van der Waals surface area contributed by atoms with Gasteiger partial charge in [-0.15, -0.1) is 0 Å². The summed E-state index contributed by atoms with van der Waals surface area (Å²) in [5, 5.41) is 3.40. The van der Waals surface area contributed by atoms with Crippen molar-refractivity contribution in [3.05, 3.63) is 0 Å². The van der Waals surface area contributed by atoms with Crippen molar-refractivity contribution < 1.29 is 8.42 Å². The Kier molecular flexibility index (Phi) is 11.7. The van der Waals surface area contributed by atoms with Gasteiger partial charge < -0.3 is 5.32 Å². The van der Waals surface area contributed by atoms with Gasteiger partial charge in [0, 0.05) is 12.3 Å². The van der Waals surface area contributed by atoms with Gasteiger partial charge in [0.15, 0.2) is 0 Å². The van der Waals surface area contributed by atoms with Gasteiger partial charge in [-0.05, 0) is 19.4 Å². The monoisotopic (exact) mass is 291 g/mol. The lowest BCUT2D eigenvalue weighted by Gasteiger charge is -2.17. The summed E-state index contributed by atoms with van der Waals surface area (Å²) in [6.45, 7) is 5.24. The zero-order valence-corrected chi connectivity index (χ0v) is 13.9. The van der Waals surface area contributed by atoms with Crippen LogP contribution in [-0.2, 0) is 9.84 Å². The molecule has 3 nitrogen and oxygen atoms in total. The molecule has 0 bridgehead atoms. The van der Waals surface area contributed by atoms with E-state index in [1.165, 1.54) is 51.2 Å². The Morgan fingerprint density at radius 2 is 1.47 bits per heavy atom. The highest BCUT2D eigenvalue weighted by molar-refractivity contribution is 7.90. The molecule has 0 aliphatic heterocycles. The topological polar surface area (TPSA) is 46.2 Å². The van der Waals surface area contributed by atoms with E-state index in [0.29, 0.717) is 11.8 Å². The van der Waals surface area contributed by atoms with E-state index >= 15 is 0 Å². The zero-order valence-electron chi connectivity index (χ0n) is 13.1. The number of sulfone groups is 1. The third kappa shape index (κ3) is 14.1. The van der Waals surface area contributed by atoms with Gasteiger partial charge in [0.1, 0.15) is 9.84 Å². The molecule has 0 aliphatic carbocycles. The van der Waals surface area contributed by atoms with E-state index in [2.05, 4.69) is 19.2 Å². The fourth-order valence-electron chi connectivity index (χ4n) is 2.34. The molecule has 0 aliphatic rings. The van der Waals surface area contributed by atoms with Crippen LogP contribution in [0.25, 0.3) is 0 Å². The molecule has 0 amide bonds. The lowest BCUT2D eigenvalue weighted by Crippen LogP contribution is -2.30. The largest absolute Gasteiger partial charge is 0.314 e. The van der Waals surface area contributed by atoms with Gasteiger partial charge in [0.2, 0.25) is 0 Å². The van der Waals surface area contributed by atoms with Crippen molar-refractivity contribution in [2.45, 2.75) is 77.7 Å². The first kappa shape index (κ1) is 18.9. The van der Waals surface area contributed by atoms with Crippen molar-refractivity contribution in [1.29, 1.82) is 0 Å². The van der Waals surface area contributed by atoms with E-state index in [4.69, 9.17) is 0 Å². The maximum atomic E-state index is 11.2. The molecule has 0 spiro atoms. The molecule has 0 aromatic carbocycles. The summed E-state index contributed by atoms with van der Waals surface area (Å²) in [4.78, 5) is 0. The van der Waals surface area contributed by atoms with Gasteiger partial charge in [-0.2, -0.15) is 0 Å². The molecule has 116 valence electrons. The van der Waals surface area contributed by atoms with Crippen LogP contribution in [0.2, 0.25) is 0 Å². The van der Waals surface area contributed by atoms with E-state index in [1.807, 2.05) is 0 Å². The second kappa shape index (κ2) is 11.7. The van der Waals surface area contributed by atoms with Gasteiger partial charge in [-0.3, -0.25) is 0 Å². The standard InChI is InChI=1S/C15H33NO2S/c1-4-6-7-8-9-10-11-12-15(16-5-2)13-14-19(3,17)18/h15-16H,4-14H2,1-3H3. The van der Waals surface area contributed by atoms with Crippen molar-refractivity contribution in [3.63, 3.8) is 0 Å². The molecule has 1 unspecified atom stereocenters. The molecule has 0 fully saturated rings. The van der Waals surface area contributed by atoms with Crippen LogP contribution < -0.4 is 5.32 Å². The van der Waals surface area contributed by atoms with Crippen LogP contribution >= 0.6 is 0 Å². The normalized spacial score (nSPS) is 13.6. The van der Waals surface area contributed by atoms with Crippen molar-refractivity contribution in [2.75, 3.05) is 18.6 Å². The van der Waals surface area contributed by atoms with Gasteiger partial charge in [0.05, 0.1) is 5.75 Å². The van der Waals surface area contributed by atoms with Gasteiger partial charge in [-0.25, -0.2) is 8.42 Å². The summed E-state index contributed by atoms with van der Waals surface area (Å²) in [6.07, 6.45) is 12.4. The number of hydrogen-bond acceptors (Lipinski definition) is 3. The zero-order chi connectivity index (χ0) is 14.6. The average Bonchev–Trinajstić information content (AvgIpc) is 2.33. The van der Waals surface area contributed by atoms with Crippen LogP contribution in [0, 0.1) is 0 Å². The maximum absolute atomic E-state index is 11.2. The highest BCUT2D eigenvalue weighted by Crippen LogP contribution is 2.11. The minimum atomic E-state index is -2.82. The number of rotatable bonds is 13. The fourth-order valence-corrected chi connectivity index (χ4v) is 3.05. The molecule has 0 radical (unpaired) electrons. The van der Waals surface area contributed by atoms with Crippen molar-refractivity contribution in [1.82, 2.24) is 5.32 Å². The highest BCUT2D eigenvalue weighted by Gasteiger charge is 2.10. The first-order valence-corrected chi connectivity index (χ1v) is 9.96. The Bertz CT molecular complexity index is 289. The quantitative estimate of drug-likeness (QED) is 0.528. The van der Waals surface area contributed by atoms with Crippen molar-refractivity contribution in [2.24, 2.45) is 0 Å². The predicted molar refractivity (Wildman–Crippen MR) is 84.4 cm³/mol. The Labute approximate surface area is 120 Å². The van der Waals surface area contributed by atoms with Crippen LogP contribution in [0.15, 0.2) is 0 Å². The van der Waals surface area contributed by atoms with Crippen LogP contribution in [-0.4, -0.2) is 33.0 Å².